The summed E-state index contributed by atoms with van der Waals surface area (Å²) in [6.07, 6.45) is 11.3. The molecule has 1 saturated heterocycles. The zero-order valence-electron chi connectivity index (χ0n) is 12.7. The van der Waals surface area contributed by atoms with E-state index in [0.29, 0.717) is 6.04 Å². The highest BCUT2D eigenvalue weighted by molar-refractivity contribution is 5.82. The van der Waals surface area contributed by atoms with Crippen molar-refractivity contribution in [1.29, 1.82) is 0 Å². The van der Waals surface area contributed by atoms with E-state index in [9.17, 15) is 4.79 Å². The Hall–Kier alpha value is -1.91. The average Bonchev–Trinajstić information content (AvgIpc) is 3.11. The summed E-state index contributed by atoms with van der Waals surface area (Å²) < 4.78 is 0. The molecule has 1 amide bonds. The summed E-state index contributed by atoms with van der Waals surface area (Å²) in [5.41, 5.74) is 1.17. The van der Waals surface area contributed by atoms with Crippen LogP contribution in [-0.4, -0.2) is 24.5 Å². The minimum absolute atomic E-state index is 0.0306. The molecule has 0 bridgehead atoms. The predicted octanol–water partition coefficient (Wildman–Crippen LogP) is 1.00. The van der Waals surface area contributed by atoms with Gasteiger partial charge in [0.2, 0.25) is 5.91 Å². The number of nitrogens with one attached hydrogen (secondary N) is 2. The van der Waals surface area contributed by atoms with Crippen LogP contribution in [0.2, 0.25) is 0 Å². The Kier molecular flexibility index (Phi) is 5.03. The van der Waals surface area contributed by atoms with E-state index in [1.807, 2.05) is 24.3 Å². The van der Waals surface area contributed by atoms with Gasteiger partial charge in [0.15, 0.2) is 0 Å². The van der Waals surface area contributed by atoms with Crippen molar-refractivity contribution in [2.24, 2.45) is 0 Å². The van der Waals surface area contributed by atoms with E-state index in [2.05, 4.69) is 46.4 Å². The van der Waals surface area contributed by atoms with Crippen LogP contribution in [0.1, 0.15) is 30.9 Å². The van der Waals surface area contributed by atoms with Crippen molar-refractivity contribution in [2.75, 3.05) is 6.54 Å². The predicted molar refractivity (Wildman–Crippen MR) is 87.0 cm³/mol. The number of quaternary nitrogens is 1. The van der Waals surface area contributed by atoms with Gasteiger partial charge < -0.3 is 16.0 Å². The lowest BCUT2D eigenvalue weighted by atomic mass is 9.97. The van der Waals surface area contributed by atoms with Crippen LogP contribution in [0.3, 0.4) is 0 Å². The molecular formula is C18H24N3O+. The second-order valence-electron chi connectivity index (χ2n) is 5.98. The van der Waals surface area contributed by atoms with E-state index in [4.69, 9.17) is 0 Å². The minimum Gasteiger partial charge on any atom is -0.348 e. The van der Waals surface area contributed by atoms with Gasteiger partial charge in [-0.15, -0.1) is 0 Å². The number of hydrogen-bond donors (Lipinski definition) is 3. The number of amides is 1. The van der Waals surface area contributed by atoms with Crippen LogP contribution >= 0.6 is 0 Å². The lowest BCUT2D eigenvalue weighted by molar-refractivity contribution is -0.617. The Labute approximate surface area is 131 Å². The highest BCUT2D eigenvalue weighted by Gasteiger charge is 2.26. The van der Waals surface area contributed by atoms with Crippen LogP contribution in [-0.2, 0) is 4.79 Å². The fourth-order valence-corrected chi connectivity index (χ4v) is 3.12. The fourth-order valence-electron chi connectivity index (χ4n) is 3.12. The van der Waals surface area contributed by atoms with Crippen molar-refractivity contribution in [3.63, 3.8) is 0 Å². The van der Waals surface area contributed by atoms with Gasteiger partial charge in [-0.1, -0.05) is 36.4 Å². The van der Waals surface area contributed by atoms with E-state index >= 15 is 0 Å². The summed E-state index contributed by atoms with van der Waals surface area (Å²) in [6.45, 7) is 0.942. The summed E-state index contributed by atoms with van der Waals surface area (Å²) in [4.78, 5) is 12.5. The molecule has 0 saturated carbocycles. The molecule has 22 heavy (non-hydrogen) atoms. The van der Waals surface area contributed by atoms with E-state index < -0.39 is 0 Å². The van der Waals surface area contributed by atoms with E-state index in [1.165, 1.54) is 5.56 Å². The van der Waals surface area contributed by atoms with Gasteiger partial charge in [-0.05, 0) is 37.1 Å². The lowest BCUT2D eigenvalue weighted by Crippen LogP contribution is -2.85. The number of rotatable bonds is 5. The van der Waals surface area contributed by atoms with Crippen LogP contribution in [0, 0.1) is 0 Å². The molecule has 0 spiro atoms. The Morgan fingerprint density at radius 2 is 2.18 bits per heavy atom. The van der Waals surface area contributed by atoms with Gasteiger partial charge in [0, 0.05) is 6.42 Å². The molecule has 1 aromatic rings. The van der Waals surface area contributed by atoms with Crippen LogP contribution in [0.15, 0.2) is 54.8 Å². The Balaban J connectivity index is 1.69. The number of carbonyl (C=O) groups is 1. The minimum atomic E-state index is -0.0306. The van der Waals surface area contributed by atoms with E-state index in [0.717, 1.165) is 25.8 Å². The van der Waals surface area contributed by atoms with E-state index in [-0.39, 0.29) is 18.0 Å². The molecule has 2 heterocycles. The van der Waals surface area contributed by atoms with Crippen molar-refractivity contribution in [2.45, 2.75) is 37.4 Å². The molecule has 3 rings (SSSR count). The third kappa shape index (κ3) is 3.84. The third-order valence-electron chi connectivity index (χ3n) is 4.34. The van der Waals surface area contributed by atoms with Gasteiger partial charge in [-0.25, -0.2) is 0 Å². The normalized spacial score (nSPS) is 25.1. The number of hydrogen-bond acceptors (Lipinski definition) is 2. The molecule has 0 radical (unpaired) electrons. The maximum Gasteiger partial charge on any atom is 0.237 e. The molecule has 3 atom stereocenters. The smallest absolute Gasteiger partial charge is 0.237 e. The number of carbonyl (C=O) groups excluding carboxylic acids is 1. The Morgan fingerprint density at radius 1 is 1.32 bits per heavy atom. The maximum atomic E-state index is 12.5. The van der Waals surface area contributed by atoms with Crippen molar-refractivity contribution in [3.8, 4) is 0 Å². The summed E-state index contributed by atoms with van der Waals surface area (Å²) in [7, 11) is 0. The molecule has 4 nitrogen and oxygen atoms in total. The molecule has 1 unspecified atom stereocenters. The number of nitrogens with two attached hydrogens (primary N) is 1. The number of benzene rings is 1. The third-order valence-corrected chi connectivity index (χ3v) is 4.34. The summed E-state index contributed by atoms with van der Waals surface area (Å²) in [6, 6.07) is 10.6. The summed E-state index contributed by atoms with van der Waals surface area (Å²) >= 11 is 0. The van der Waals surface area contributed by atoms with Crippen molar-refractivity contribution < 1.29 is 10.1 Å². The lowest BCUT2D eigenvalue weighted by Gasteiger charge is -2.24. The van der Waals surface area contributed by atoms with Crippen LogP contribution in [0.25, 0.3) is 0 Å². The first-order valence-electron chi connectivity index (χ1n) is 8.10. The SMILES string of the molecule is O=C(N[C@@H](CC1C=CC=C[NH2+]1)c1ccccc1)[C@@H]1CCCN1. The Bertz CT molecular complexity index is 547. The van der Waals surface area contributed by atoms with Gasteiger partial charge in [0.05, 0.1) is 18.3 Å². The molecule has 4 N–H and O–H groups in total. The van der Waals surface area contributed by atoms with Crippen molar-refractivity contribution in [1.82, 2.24) is 10.6 Å². The second kappa shape index (κ2) is 7.38. The topological polar surface area (TPSA) is 57.7 Å². The molecule has 2 aliphatic heterocycles. The van der Waals surface area contributed by atoms with Gasteiger partial charge in [0.1, 0.15) is 6.04 Å². The molecule has 2 aliphatic rings. The fraction of sp³-hybridized carbons (Fsp3) is 0.389. The van der Waals surface area contributed by atoms with Gasteiger partial charge in [-0.3, -0.25) is 4.79 Å². The molecule has 0 aromatic heterocycles. The van der Waals surface area contributed by atoms with Crippen LogP contribution in [0.5, 0.6) is 0 Å². The highest BCUT2D eigenvalue weighted by atomic mass is 16.2. The summed E-state index contributed by atoms with van der Waals surface area (Å²) in [5.74, 6) is 0.127. The second-order valence-corrected chi connectivity index (χ2v) is 5.98. The zero-order chi connectivity index (χ0) is 15.2. The first kappa shape index (κ1) is 15.0. The van der Waals surface area contributed by atoms with Gasteiger partial charge >= 0.3 is 0 Å². The summed E-state index contributed by atoms with van der Waals surface area (Å²) in [5, 5.41) is 8.71. The van der Waals surface area contributed by atoms with Crippen LogP contribution in [0.4, 0.5) is 0 Å². The molecule has 1 aromatic carbocycles. The van der Waals surface area contributed by atoms with E-state index in [1.54, 1.807) is 0 Å². The zero-order valence-corrected chi connectivity index (χ0v) is 12.7. The monoisotopic (exact) mass is 298 g/mol. The first-order valence-corrected chi connectivity index (χ1v) is 8.10. The quantitative estimate of drug-likeness (QED) is 0.759. The number of allylic oxidation sites excluding steroid dienone is 2. The van der Waals surface area contributed by atoms with Crippen molar-refractivity contribution in [3.05, 3.63) is 60.3 Å². The average molecular weight is 298 g/mol. The highest BCUT2D eigenvalue weighted by Crippen LogP contribution is 2.19. The molecule has 4 heteroatoms. The maximum absolute atomic E-state index is 12.5. The van der Waals surface area contributed by atoms with Gasteiger partial charge in [0.25, 0.3) is 0 Å². The molecule has 0 aliphatic carbocycles. The van der Waals surface area contributed by atoms with Gasteiger partial charge in [-0.2, -0.15) is 0 Å². The largest absolute Gasteiger partial charge is 0.348 e. The molecule has 116 valence electrons. The Morgan fingerprint density at radius 3 is 2.86 bits per heavy atom. The first-order chi connectivity index (χ1) is 10.8. The molecular weight excluding hydrogens is 274 g/mol. The standard InChI is InChI=1S/C18H23N3O/c22-18(16-10-6-12-20-16)21-17(14-7-2-1-3-8-14)13-15-9-4-5-11-19-15/h1-5,7-9,11,15-17,19-20H,6,10,12-13H2,(H,21,22)/p+1/t15?,16-,17-/m0/s1. The molecule has 1 fully saturated rings. The van der Waals surface area contributed by atoms with Crippen molar-refractivity contribution >= 4 is 5.91 Å². The van der Waals surface area contributed by atoms with Crippen LogP contribution < -0.4 is 16.0 Å².